The average molecular weight is 227 g/mol. The second-order valence-corrected chi connectivity index (χ2v) is 6.42. The lowest BCUT2D eigenvalue weighted by molar-refractivity contribution is -0.0145. The molecule has 2 N–H and O–H groups in total. The molecule has 1 rings (SSSR count). The van der Waals surface area contributed by atoms with Gasteiger partial charge < -0.3 is 10.5 Å². The molecule has 96 valence electrons. The first kappa shape index (κ1) is 14.0. The molecule has 0 amide bonds. The molecular formula is C14H29NO. The molecule has 16 heavy (non-hydrogen) atoms. The van der Waals surface area contributed by atoms with Crippen LogP contribution in [-0.2, 0) is 4.74 Å². The molecule has 0 radical (unpaired) electrons. The molecule has 2 nitrogen and oxygen atoms in total. The summed E-state index contributed by atoms with van der Waals surface area (Å²) >= 11 is 0. The van der Waals surface area contributed by atoms with Crippen molar-refractivity contribution in [2.24, 2.45) is 11.7 Å². The van der Waals surface area contributed by atoms with Crippen LogP contribution in [0, 0.1) is 5.92 Å². The molecule has 0 saturated heterocycles. The fourth-order valence-corrected chi connectivity index (χ4v) is 2.47. The Morgan fingerprint density at radius 2 is 1.81 bits per heavy atom. The van der Waals surface area contributed by atoms with E-state index in [9.17, 15) is 0 Å². The van der Waals surface area contributed by atoms with Crippen LogP contribution in [0.4, 0.5) is 0 Å². The summed E-state index contributed by atoms with van der Waals surface area (Å²) in [6, 6.07) is 0. The SMILES string of the molecule is CCC1CCC(N)(CCOC(C)(C)C)CC1. The Morgan fingerprint density at radius 1 is 1.25 bits per heavy atom. The molecule has 0 aromatic rings. The standard InChI is InChI=1S/C14H29NO/c1-5-12-6-8-14(15,9-7-12)10-11-16-13(2,3)4/h12H,5-11,15H2,1-4H3. The minimum atomic E-state index is -0.0308. The van der Waals surface area contributed by atoms with E-state index in [-0.39, 0.29) is 11.1 Å². The van der Waals surface area contributed by atoms with Gasteiger partial charge in [-0.15, -0.1) is 0 Å². The van der Waals surface area contributed by atoms with Gasteiger partial charge in [-0.1, -0.05) is 13.3 Å². The maximum atomic E-state index is 6.43. The van der Waals surface area contributed by atoms with Crippen LogP contribution in [0.2, 0.25) is 0 Å². The summed E-state index contributed by atoms with van der Waals surface area (Å²) in [6.07, 6.45) is 7.30. The molecule has 0 aromatic carbocycles. The lowest BCUT2D eigenvalue weighted by atomic mass is 9.75. The van der Waals surface area contributed by atoms with Gasteiger partial charge in [0.05, 0.1) is 5.60 Å². The predicted octanol–water partition coefficient (Wildman–Crippen LogP) is 3.49. The highest BCUT2D eigenvalue weighted by Gasteiger charge is 2.31. The summed E-state index contributed by atoms with van der Waals surface area (Å²) < 4.78 is 5.77. The third kappa shape index (κ3) is 4.84. The minimum Gasteiger partial charge on any atom is -0.376 e. The lowest BCUT2D eigenvalue weighted by Crippen LogP contribution is -2.44. The van der Waals surface area contributed by atoms with Crippen molar-refractivity contribution < 1.29 is 4.74 Å². The van der Waals surface area contributed by atoms with Gasteiger partial charge in [-0.25, -0.2) is 0 Å². The van der Waals surface area contributed by atoms with Crippen molar-refractivity contribution in [1.29, 1.82) is 0 Å². The van der Waals surface area contributed by atoms with Crippen molar-refractivity contribution in [3.05, 3.63) is 0 Å². The fourth-order valence-electron chi connectivity index (χ4n) is 2.47. The predicted molar refractivity (Wildman–Crippen MR) is 69.5 cm³/mol. The normalized spacial score (nSPS) is 31.7. The number of rotatable bonds is 4. The van der Waals surface area contributed by atoms with Crippen LogP contribution in [0.5, 0.6) is 0 Å². The smallest absolute Gasteiger partial charge is 0.0598 e. The average Bonchev–Trinajstić information content (AvgIpc) is 2.17. The highest BCUT2D eigenvalue weighted by molar-refractivity contribution is 4.89. The van der Waals surface area contributed by atoms with E-state index in [0.29, 0.717) is 0 Å². The van der Waals surface area contributed by atoms with E-state index in [1.807, 2.05) is 0 Å². The van der Waals surface area contributed by atoms with Gasteiger partial charge in [-0.05, 0) is 58.8 Å². The molecule has 0 aromatic heterocycles. The van der Waals surface area contributed by atoms with Gasteiger partial charge in [0.15, 0.2) is 0 Å². The van der Waals surface area contributed by atoms with E-state index in [4.69, 9.17) is 10.5 Å². The van der Waals surface area contributed by atoms with Crippen LogP contribution < -0.4 is 5.73 Å². The molecular weight excluding hydrogens is 198 g/mol. The highest BCUT2D eigenvalue weighted by atomic mass is 16.5. The summed E-state index contributed by atoms with van der Waals surface area (Å²) in [7, 11) is 0. The molecule has 2 heteroatoms. The summed E-state index contributed by atoms with van der Waals surface area (Å²) in [4.78, 5) is 0. The summed E-state index contributed by atoms with van der Waals surface area (Å²) in [5.74, 6) is 0.917. The molecule has 1 aliphatic carbocycles. The van der Waals surface area contributed by atoms with Crippen molar-refractivity contribution in [3.63, 3.8) is 0 Å². The third-order valence-corrected chi connectivity index (χ3v) is 3.81. The molecule has 0 heterocycles. The van der Waals surface area contributed by atoms with Gasteiger partial charge in [0.25, 0.3) is 0 Å². The van der Waals surface area contributed by atoms with Crippen LogP contribution in [0.1, 0.15) is 66.2 Å². The van der Waals surface area contributed by atoms with Crippen LogP contribution in [0.15, 0.2) is 0 Å². The molecule has 1 fully saturated rings. The Hall–Kier alpha value is -0.0800. The zero-order valence-electron chi connectivity index (χ0n) is 11.5. The Balaban J connectivity index is 2.26. The Labute approximate surface area is 101 Å². The van der Waals surface area contributed by atoms with Gasteiger partial charge in [-0.2, -0.15) is 0 Å². The lowest BCUT2D eigenvalue weighted by Gasteiger charge is -2.37. The monoisotopic (exact) mass is 227 g/mol. The van der Waals surface area contributed by atoms with Crippen LogP contribution in [-0.4, -0.2) is 17.7 Å². The fraction of sp³-hybridized carbons (Fsp3) is 1.00. The van der Waals surface area contributed by atoms with Crippen molar-refractivity contribution in [1.82, 2.24) is 0 Å². The number of ether oxygens (including phenoxy) is 1. The molecule has 0 spiro atoms. The summed E-state index contributed by atoms with van der Waals surface area (Å²) in [5.41, 5.74) is 6.45. The largest absolute Gasteiger partial charge is 0.376 e. The Kier molecular flexibility index (Phi) is 4.81. The number of nitrogens with two attached hydrogens (primary N) is 1. The van der Waals surface area contributed by atoms with Gasteiger partial charge in [0.2, 0.25) is 0 Å². The van der Waals surface area contributed by atoms with Gasteiger partial charge >= 0.3 is 0 Å². The van der Waals surface area contributed by atoms with Crippen molar-refractivity contribution in [2.75, 3.05) is 6.61 Å². The second-order valence-electron chi connectivity index (χ2n) is 6.42. The van der Waals surface area contributed by atoms with Crippen molar-refractivity contribution in [2.45, 2.75) is 77.4 Å². The summed E-state index contributed by atoms with van der Waals surface area (Å²) in [5, 5.41) is 0. The van der Waals surface area contributed by atoms with E-state index in [2.05, 4.69) is 27.7 Å². The first-order chi connectivity index (χ1) is 7.35. The minimum absolute atomic E-state index is 0.0308. The maximum absolute atomic E-state index is 6.43. The quantitative estimate of drug-likeness (QED) is 0.798. The van der Waals surface area contributed by atoms with E-state index in [1.54, 1.807) is 0 Å². The van der Waals surface area contributed by atoms with Crippen LogP contribution >= 0.6 is 0 Å². The summed E-state index contributed by atoms with van der Waals surface area (Å²) in [6.45, 7) is 9.40. The molecule has 0 unspecified atom stereocenters. The number of hydrogen-bond donors (Lipinski definition) is 1. The van der Waals surface area contributed by atoms with E-state index in [1.165, 1.54) is 32.1 Å². The van der Waals surface area contributed by atoms with Crippen molar-refractivity contribution in [3.8, 4) is 0 Å². The third-order valence-electron chi connectivity index (χ3n) is 3.81. The first-order valence-electron chi connectivity index (χ1n) is 6.77. The number of hydrogen-bond acceptors (Lipinski definition) is 2. The molecule has 0 atom stereocenters. The second kappa shape index (κ2) is 5.50. The van der Waals surface area contributed by atoms with E-state index in [0.717, 1.165) is 18.9 Å². The van der Waals surface area contributed by atoms with Gasteiger partial charge in [0.1, 0.15) is 0 Å². The zero-order chi connectivity index (χ0) is 12.2. The first-order valence-corrected chi connectivity index (χ1v) is 6.77. The molecule has 0 aliphatic heterocycles. The van der Waals surface area contributed by atoms with Gasteiger partial charge in [-0.3, -0.25) is 0 Å². The molecule has 0 bridgehead atoms. The Morgan fingerprint density at radius 3 is 2.25 bits per heavy atom. The van der Waals surface area contributed by atoms with Crippen LogP contribution in [0.25, 0.3) is 0 Å². The van der Waals surface area contributed by atoms with Crippen molar-refractivity contribution >= 4 is 0 Å². The molecule has 1 saturated carbocycles. The van der Waals surface area contributed by atoms with E-state index < -0.39 is 0 Å². The molecule has 1 aliphatic rings. The Bertz CT molecular complexity index is 199. The van der Waals surface area contributed by atoms with Crippen LogP contribution in [0.3, 0.4) is 0 Å². The maximum Gasteiger partial charge on any atom is 0.0598 e. The highest BCUT2D eigenvalue weighted by Crippen LogP contribution is 2.34. The van der Waals surface area contributed by atoms with E-state index >= 15 is 0 Å². The zero-order valence-corrected chi connectivity index (χ0v) is 11.5. The van der Waals surface area contributed by atoms with Gasteiger partial charge in [0, 0.05) is 12.1 Å². The topological polar surface area (TPSA) is 35.2 Å².